The van der Waals surface area contributed by atoms with Crippen molar-refractivity contribution in [3.63, 3.8) is 0 Å². The van der Waals surface area contributed by atoms with E-state index in [2.05, 4.69) is 0 Å². The molecule has 2 aromatic carbocycles. The first-order valence-electron chi connectivity index (χ1n) is 6.71. The second kappa shape index (κ2) is 7.14. The van der Waals surface area contributed by atoms with Crippen LogP contribution in [0.2, 0.25) is 0 Å². The number of alkyl halides is 1. The van der Waals surface area contributed by atoms with Crippen molar-refractivity contribution in [2.45, 2.75) is 13.5 Å². The summed E-state index contributed by atoms with van der Waals surface area (Å²) in [6.07, 6.45) is 0. The zero-order valence-electron chi connectivity index (χ0n) is 12.2. The average Bonchev–Trinajstić information content (AvgIpc) is 2.53. The van der Waals surface area contributed by atoms with Gasteiger partial charge >= 0.3 is 0 Å². The van der Waals surface area contributed by atoms with Gasteiger partial charge in [-0.15, -0.1) is 11.6 Å². The number of benzene rings is 2. The van der Waals surface area contributed by atoms with Gasteiger partial charge in [-0.3, -0.25) is 4.79 Å². The molecule has 0 N–H and O–H groups in total. The van der Waals surface area contributed by atoms with E-state index < -0.39 is 0 Å². The van der Waals surface area contributed by atoms with Crippen molar-refractivity contribution in [3.8, 4) is 5.75 Å². The molecule has 2 aromatic rings. The fourth-order valence-corrected chi connectivity index (χ4v) is 2.33. The van der Waals surface area contributed by atoms with Gasteiger partial charge in [0, 0.05) is 0 Å². The predicted molar refractivity (Wildman–Crippen MR) is 86.1 cm³/mol. The zero-order valence-corrected chi connectivity index (χ0v) is 12.9. The standard InChI is InChI=1S/C17H18ClNO2/c1-13-7-3-4-8-14(13)12-19(17(20)11-18)15-9-5-6-10-16(15)21-2/h3-10H,11-12H2,1-2H3. The van der Waals surface area contributed by atoms with Gasteiger partial charge in [0.15, 0.2) is 0 Å². The highest BCUT2D eigenvalue weighted by molar-refractivity contribution is 6.29. The Morgan fingerprint density at radius 1 is 1.14 bits per heavy atom. The van der Waals surface area contributed by atoms with E-state index in [1.807, 2.05) is 55.5 Å². The van der Waals surface area contributed by atoms with E-state index in [-0.39, 0.29) is 11.8 Å². The van der Waals surface area contributed by atoms with E-state index in [1.54, 1.807) is 12.0 Å². The summed E-state index contributed by atoms with van der Waals surface area (Å²) < 4.78 is 5.35. The van der Waals surface area contributed by atoms with Gasteiger partial charge in [0.1, 0.15) is 11.6 Å². The van der Waals surface area contributed by atoms with Crippen LogP contribution in [0.1, 0.15) is 11.1 Å². The maximum atomic E-state index is 12.2. The minimum absolute atomic E-state index is 0.0655. The van der Waals surface area contributed by atoms with Crippen LogP contribution in [0.5, 0.6) is 5.75 Å². The maximum absolute atomic E-state index is 12.2. The lowest BCUT2D eigenvalue weighted by molar-refractivity contribution is -0.116. The van der Waals surface area contributed by atoms with E-state index in [4.69, 9.17) is 16.3 Å². The summed E-state index contributed by atoms with van der Waals surface area (Å²) in [5.74, 6) is 0.443. The van der Waals surface area contributed by atoms with Crippen LogP contribution >= 0.6 is 11.6 Å². The number of amides is 1. The van der Waals surface area contributed by atoms with Gasteiger partial charge in [-0.2, -0.15) is 0 Å². The average molecular weight is 304 g/mol. The topological polar surface area (TPSA) is 29.5 Å². The van der Waals surface area contributed by atoms with E-state index in [0.29, 0.717) is 12.3 Å². The second-order valence-corrected chi connectivity index (χ2v) is 4.98. The number of hydrogen-bond donors (Lipinski definition) is 0. The van der Waals surface area contributed by atoms with Crippen LogP contribution in [-0.2, 0) is 11.3 Å². The smallest absolute Gasteiger partial charge is 0.242 e. The van der Waals surface area contributed by atoms with Crippen molar-refractivity contribution in [3.05, 3.63) is 59.7 Å². The van der Waals surface area contributed by atoms with Gasteiger partial charge in [0.25, 0.3) is 0 Å². The van der Waals surface area contributed by atoms with E-state index in [0.717, 1.165) is 16.8 Å². The Morgan fingerprint density at radius 3 is 2.48 bits per heavy atom. The number of carbonyl (C=O) groups is 1. The van der Waals surface area contributed by atoms with Gasteiger partial charge in [-0.1, -0.05) is 36.4 Å². The number of ether oxygens (including phenoxy) is 1. The lowest BCUT2D eigenvalue weighted by atomic mass is 10.1. The van der Waals surface area contributed by atoms with Crippen molar-refractivity contribution in [2.24, 2.45) is 0 Å². The lowest BCUT2D eigenvalue weighted by Gasteiger charge is -2.24. The Kier molecular flexibility index (Phi) is 5.23. The molecule has 0 radical (unpaired) electrons. The monoisotopic (exact) mass is 303 g/mol. The van der Waals surface area contributed by atoms with Crippen molar-refractivity contribution in [1.82, 2.24) is 0 Å². The first kappa shape index (κ1) is 15.4. The number of rotatable bonds is 5. The number of aryl methyl sites for hydroxylation is 1. The van der Waals surface area contributed by atoms with Gasteiger partial charge in [-0.05, 0) is 30.2 Å². The summed E-state index contributed by atoms with van der Waals surface area (Å²) in [5, 5.41) is 0. The summed E-state index contributed by atoms with van der Waals surface area (Å²) in [4.78, 5) is 13.9. The molecule has 3 nitrogen and oxygen atoms in total. The lowest BCUT2D eigenvalue weighted by Crippen LogP contribution is -2.32. The van der Waals surface area contributed by atoms with Crippen LogP contribution in [0.4, 0.5) is 5.69 Å². The minimum Gasteiger partial charge on any atom is -0.495 e. The third-order valence-corrected chi connectivity index (χ3v) is 3.61. The van der Waals surface area contributed by atoms with Crippen molar-refractivity contribution < 1.29 is 9.53 Å². The fourth-order valence-electron chi connectivity index (χ4n) is 2.19. The summed E-state index contributed by atoms with van der Waals surface area (Å²) >= 11 is 5.77. The van der Waals surface area contributed by atoms with E-state index in [1.165, 1.54) is 0 Å². The Morgan fingerprint density at radius 2 is 1.81 bits per heavy atom. The molecule has 2 rings (SSSR count). The molecule has 0 fully saturated rings. The number of hydrogen-bond acceptors (Lipinski definition) is 2. The van der Waals surface area contributed by atoms with Gasteiger partial charge in [0.2, 0.25) is 5.91 Å². The van der Waals surface area contributed by atoms with Gasteiger partial charge in [-0.25, -0.2) is 0 Å². The largest absolute Gasteiger partial charge is 0.495 e. The molecular weight excluding hydrogens is 286 g/mol. The third-order valence-electron chi connectivity index (χ3n) is 3.38. The van der Waals surface area contributed by atoms with E-state index in [9.17, 15) is 4.79 Å². The predicted octanol–water partition coefficient (Wildman–Crippen LogP) is 3.78. The molecule has 0 aliphatic carbocycles. The molecule has 0 aliphatic heterocycles. The summed E-state index contributed by atoms with van der Waals surface area (Å²) in [5.41, 5.74) is 2.95. The Bertz CT molecular complexity index is 628. The number of anilines is 1. The van der Waals surface area contributed by atoms with Crippen LogP contribution in [-0.4, -0.2) is 18.9 Å². The first-order chi connectivity index (χ1) is 10.2. The molecule has 0 spiro atoms. The molecule has 0 unspecified atom stereocenters. The highest BCUT2D eigenvalue weighted by atomic mass is 35.5. The molecule has 0 bridgehead atoms. The molecule has 0 aromatic heterocycles. The molecule has 21 heavy (non-hydrogen) atoms. The number of carbonyl (C=O) groups excluding carboxylic acids is 1. The molecule has 4 heteroatoms. The molecule has 0 atom stereocenters. The molecule has 110 valence electrons. The molecular formula is C17H18ClNO2. The molecule has 0 saturated carbocycles. The van der Waals surface area contributed by atoms with Crippen LogP contribution in [0.25, 0.3) is 0 Å². The Hall–Kier alpha value is -2.00. The summed E-state index contributed by atoms with van der Waals surface area (Å²) in [7, 11) is 1.59. The van der Waals surface area contributed by atoms with E-state index >= 15 is 0 Å². The van der Waals surface area contributed by atoms with Crippen molar-refractivity contribution in [2.75, 3.05) is 17.9 Å². The Labute approximate surface area is 130 Å². The number of nitrogens with zero attached hydrogens (tertiary/aromatic N) is 1. The normalized spacial score (nSPS) is 10.2. The number of halogens is 1. The second-order valence-electron chi connectivity index (χ2n) is 4.71. The maximum Gasteiger partial charge on any atom is 0.242 e. The molecule has 1 amide bonds. The highest BCUT2D eigenvalue weighted by Gasteiger charge is 2.19. The molecule has 0 heterocycles. The quantitative estimate of drug-likeness (QED) is 0.787. The summed E-state index contributed by atoms with van der Waals surface area (Å²) in [6, 6.07) is 15.4. The van der Waals surface area contributed by atoms with Crippen LogP contribution in [0, 0.1) is 6.92 Å². The van der Waals surface area contributed by atoms with Crippen molar-refractivity contribution in [1.29, 1.82) is 0 Å². The summed E-state index contributed by atoms with van der Waals surface area (Å²) in [6.45, 7) is 2.50. The van der Waals surface area contributed by atoms with Crippen LogP contribution in [0.15, 0.2) is 48.5 Å². The SMILES string of the molecule is COc1ccccc1N(Cc1ccccc1C)C(=O)CCl. The highest BCUT2D eigenvalue weighted by Crippen LogP contribution is 2.29. The molecule has 0 aliphatic rings. The van der Waals surface area contributed by atoms with Crippen molar-refractivity contribution >= 4 is 23.2 Å². The first-order valence-corrected chi connectivity index (χ1v) is 7.24. The number of para-hydroxylation sites is 2. The number of methoxy groups -OCH3 is 1. The van der Waals surface area contributed by atoms with Gasteiger partial charge < -0.3 is 9.64 Å². The Balaban J connectivity index is 2.40. The minimum atomic E-state index is -0.149. The fraction of sp³-hybridized carbons (Fsp3) is 0.235. The zero-order chi connectivity index (χ0) is 15.2. The molecule has 0 saturated heterocycles. The van der Waals surface area contributed by atoms with Gasteiger partial charge in [0.05, 0.1) is 19.3 Å². The van der Waals surface area contributed by atoms with Crippen LogP contribution in [0.3, 0.4) is 0 Å². The van der Waals surface area contributed by atoms with Crippen LogP contribution < -0.4 is 9.64 Å². The third kappa shape index (κ3) is 3.56.